The second-order valence-electron chi connectivity index (χ2n) is 2.97. The molecule has 1 aromatic heterocycles. The Labute approximate surface area is 86.9 Å². The Kier molecular flexibility index (Phi) is 3.25. The number of aromatic nitrogens is 1. The monoisotopic (exact) mass is 230 g/mol. The Hall–Kier alpha value is -1.63. The van der Waals surface area contributed by atoms with Crippen molar-refractivity contribution in [3.05, 3.63) is 24.0 Å². The third-order valence-corrected chi connectivity index (χ3v) is 2.25. The summed E-state index contributed by atoms with van der Waals surface area (Å²) in [6, 6.07) is 1.30. The van der Waals surface area contributed by atoms with Crippen LogP contribution in [-0.2, 0) is 9.84 Å². The lowest BCUT2D eigenvalue weighted by Crippen LogP contribution is -2.14. The van der Waals surface area contributed by atoms with Gasteiger partial charge in [0, 0.05) is 12.5 Å². The Bertz CT molecular complexity index is 469. The molecule has 0 aliphatic carbocycles. The number of aromatic carboxylic acids is 1. The van der Waals surface area contributed by atoms with Crippen molar-refractivity contribution >= 4 is 21.5 Å². The molecule has 0 amide bonds. The van der Waals surface area contributed by atoms with Crippen LogP contribution in [0.3, 0.4) is 0 Å². The Morgan fingerprint density at radius 2 is 2.27 bits per heavy atom. The Morgan fingerprint density at radius 1 is 1.60 bits per heavy atom. The van der Waals surface area contributed by atoms with Crippen LogP contribution < -0.4 is 5.32 Å². The SMILES string of the molecule is CS(=O)(=O)CNc1cnccc1C(=O)O. The molecule has 0 aromatic carbocycles. The van der Waals surface area contributed by atoms with Crippen LogP contribution in [0.2, 0.25) is 0 Å². The van der Waals surface area contributed by atoms with Crippen LogP contribution >= 0.6 is 0 Å². The highest BCUT2D eigenvalue weighted by Crippen LogP contribution is 2.12. The molecule has 0 aliphatic rings. The van der Waals surface area contributed by atoms with E-state index in [0.29, 0.717) is 0 Å². The first-order valence-electron chi connectivity index (χ1n) is 3.99. The average Bonchev–Trinajstić information content (AvgIpc) is 2.14. The van der Waals surface area contributed by atoms with Crippen molar-refractivity contribution in [2.45, 2.75) is 0 Å². The molecule has 1 heterocycles. The number of hydrogen-bond acceptors (Lipinski definition) is 5. The summed E-state index contributed by atoms with van der Waals surface area (Å²) in [5.41, 5.74) is 0.184. The highest BCUT2D eigenvalue weighted by Gasteiger charge is 2.10. The van der Waals surface area contributed by atoms with E-state index in [0.717, 1.165) is 6.26 Å². The van der Waals surface area contributed by atoms with E-state index in [9.17, 15) is 13.2 Å². The van der Waals surface area contributed by atoms with Crippen LogP contribution in [0.25, 0.3) is 0 Å². The molecule has 1 rings (SSSR count). The molecule has 0 bridgehead atoms. The van der Waals surface area contributed by atoms with Crippen LogP contribution in [0.4, 0.5) is 5.69 Å². The zero-order valence-corrected chi connectivity index (χ0v) is 8.78. The van der Waals surface area contributed by atoms with Crippen molar-refractivity contribution in [3.63, 3.8) is 0 Å². The molecule has 2 N–H and O–H groups in total. The van der Waals surface area contributed by atoms with E-state index < -0.39 is 15.8 Å². The van der Waals surface area contributed by atoms with Gasteiger partial charge in [-0.25, -0.2) is 13.2 Å². The van der Waals surface area contributed by atoms with Gasteiger partial charge in [-0.1, -0.05) is 0 Å². The number of nitrogens with one attached hydrogen (secondary N) is 1. The summed E-state index contributed by atoms with van der Waals surface area (Å²) in [5, 5.41) is 11.3. The molecule has 1 aromatic rings. The molecular weight excluding hydrogens is 220 g/mol. The predicted molar refractivity (Wildman–Crippen MR) is 54.5 cm³/mol. The van der Waals surface area contributed by atoms with E-state index in [-0.39, 0.29) is 17.1 Å². The van der Waals surface area contributed by atoms with Crippen molar-refractivity contribution in [2.75, 3.05) is 17.4 Å². The number of carbonyl (C=O) groups is 1. The molecule has 15 heavy (non-hydrogen) atoms. The number of pyridine rings is 1. The third-order valence-electron chi connectivity index (χ3n) is 1.58. The lowest BCUT2D eigenvalue weighted by molar-refractivity contribution is 0.0698. The number of nitrogens with zero attached hydrogens (tertiary/aromatic N) is 1. The van der Waals surface area contributed by atoms with Crippen molar-refractivity contribution in [3.8, 4) is 0 Å². The normalized spacial score (nSPS) is 11.0. The highest BCUT2D eigenvalue weighted by molar-refractivity contribution is 7.90. The van der Waals surface area contributed by atoms with E-state index >= 15 is 0 Å². The molecule has 6 nitrogen and oxygen atoms in total. The minimum atomic E-state index is -3.20. The van der Waals surface area contributed by atoms with E-state index in [1.807, 2.05) is 0 Å². The van der Waals surface area contributed by atoms with Crippen LogP contribution in [0.5, 0.6) is 0 Å². The number of sulfone groups is 1. The molecule has 0 saturated carbocycles. The van der Waals surface area contributed by atoms with Gasteiger partial charge in [-0.3, -0.25) is 4.98 Å². The van der Waals surface area contributed by atoms with Gasteiger partial charge in [0.25, 0.3) is 0 Å². The van der Waals surface area contributed by atoms with E-state index in [2.05, 4.69) is 10.3 Å². The van der Waals surface area contributed by atoms with Gasteiger partial charge < -0.3 is 10.4 Å². The van der Waals surface area contributed by atoms with Crippen molar-refractivity contribution < 1.29 is 18.3 Å². The minimum Gasteiger partial charge on any atom is -0.478 e. The first-order chi connectivity index (χ1) is 6.90. The fourth-order valence-corrected chi connectivity index (χ4v) is 1.35. The summed E-state index contributed by atoms with van der Waals surface area (Å²) in [4.78, 5) is 14.4. The summed E-state index contributed by atoms with van der Waals surface area (Å²) in [7, 11) is -3.20. The largest absolute Gasteiger partial charge is 0.478 e. The smallest absolute Gasteiger partial charge is 0.337 e. The van der Waals surface area contributed by atoms with Gasteiger partial charge in [0.15, 0.2) is 9.84 Å². The van der Waals surface area contributed by atoms with Crippen LogP contribution in [0.15, 0.2) is 18.5 Å². The summed E-state index contributed by atoms with van der Waals surface area (Å²) < 4.78 is 21.7. The van der Waals surface area contributed by atoms with Gasteiger partial charge in [0.1, 0.15) is 5.88 Å². The zero-order valence-electron chi connectivity index (χ0n) is 7.97. The van der Waals surface area contributed by atoms with E-state index in [1.165, 1.54) is 18.5 Å². The van der Waals surface area contributed by atoms with E-state index in [4.69, 9.17) is 5.11 Å². The first kappa shape index (κ1) is 11.4. The molecule has 82 valence electrons. The Morgan fingerprint density at radius 3 is 2.80 bits per heavy atom. The number of carboxylic acids is 1. The molecule has 0 spiro atoms. The number of hydrogen-bond donors (Lipinski definition) is 2. The van der Waals surface area contributed by atoms with Gasteiger partial charge in [0.05, 0.1) is 17.4 Å². The van der Waals surface area contributed by atoms with Crippen LogP contribution in [-0.4, -0.2) is 36.6 Å². The maximum absolute atomic E-state index is 10.9. The predicted octanol–water partition coefficient (Wildman–Crippen LogP) is 0.194. The second-order valence-corrected chi connectivity index (χ2v) is 5.11. The fourth-order valence-electron chi connectivity index (χ4n) is 0.931. The van der Waals surface area contributed by atoms with Gasteiger partial charge >= 0.3 is 5.97 Å². The van der Waals surface area contributed by atoms with Crippen molar-refractivity contribution in [1.29, 1.82) is 0 Å². The molecule has 0 unspecified atom stereocenters. The quantitative estimate of drug-likeness (QED) is 0.766. The standard InChI is InChI=1S/C8H10N2O4S/c1-15(13,14)5-10-7-4-9-3-2-6(7)8(11)12/h2-4,10H,5H2,1H3,(H,11,12). The lowest BCUT2D eigenvalue weighted by Gasteiger charge is -2.06. The maximum Gasteiger partial charge on any atom is 0.337 e. The molecule has 0 saturated heterocycles. The third kappa shape index (κ3) is 3.55. The molecular formula is C8H10N2O4S. The van der Waals surface area contributed by atoms with Gasteiger partial charge in [-0.2, -0.15) is 0 Å². The van der Waals surface area contributed by atoms with Gasteiger partial charge in [-0.05, 0) is 6.07 Å². The minimum absolute atomic E-state index is 0.00588. The second kappa shape index (κ2) is 4.26. The fraction of sp³-hybridized carbons (Fsp3) is 0.250. The highest BCUT2D eigenvalue weighted by atomic mass is 32.2. The zero-order chi connectivity index (χ0) is 11.5. The summed E-state index contributed by atoms with van der Waals surface area (Å²) in [6.07, 6.45) is 3.65. The topological polar surface area (TPSA) is 96.4 Å². The molecule has 0 fully saturated rings. The molecule has 0 aliphatic heterocycles. The summed E-state index contributed by atoms with van der Waals surface area (Å²) in [6.45, 7) is 0. The molecule has 0 atom stereocenters. The van der Waals surface area contributed by atoms with E-state index in [1.54, 1.807) is 0 Å². The molecule has 7 heteroatoms. The van der Waals surface area contributed by atoms with Crippen LogP contribution in [0, 0.1) is 0 Å². The number of carboxylic acid groups (broad SMARTS) is 1. The Balaban J connectivity index is 2.90. The van der Waals surface area contributed by atoms with Crippen molar-refractivity contribution in [1.82, 2.24) is 4.98 Å². The van der Waals surface area contributed by atoms with Gasteiger partial charge in [-0.15, -0.1) is 0 Å². The summed E-state index contributed by atoms with van der Waals surface area (Å²) in [5.74, 6) is -1.45. The van der Waals surface area contributed by atoms with Crippen LogP contribution in [0.1, 0.15) is 10.4 Å². The van der Waals surface area contributed by atoms with Crippen molar-refractivity contribution in [2.24, 2.45) is 0 Å². The summed E-state index contributed by atoms with van der Waals surface area (Å²) >= 11 is 0. The number of anilines is 1. The average molecular weight is 230 g/mol. The lowest BCUT2D eigenvalue weighted by atomic mass is 10.2. The number of rotatable bonds is 4. The first-order valence-corrected chi connectivity index (χ1v) is 6.05. The molecule has 0 radical (unpaired) electrons. The van der Waals surface area contributed by atoms with Gasteiger partial charge in [0.2, 0.25) is 0 Å². The maximum atomic E-state index is 10.9.